The molecule has 0 bridgehead atoms. The third-order valence-corrected chi connectivity index (χ3v) is 2.99. The molecule has 0 saturated heterocycles. The Kier molecular flexibility index (Phi) is 8.15. The van der Waals surface area contributed by atoms with Crippen molar-refractivity contribution in [3.05, 3.63) is 35.4 Å². The van der Waals surface area contributed by atoms with Crippen LogP contribution in [-0.2, 0) is 22.6 Å². The number of aryl methyl sites for hydroxylation is 1. The van der Waals surface area contributed by atoms with Gasteiger partial charge in [-0.05, 0) is 24.0 Å². The summed E-state index contributed by atoms with van der Waals surface area (Å²) in [6, 6.07) is 8.61. The second-order valence-corrected chi connectivity index (χ2v) is 4.64. The van der Waals surface area contributed by atoms with Crippen LogP contribution in [0.3, 0.4) is 0 Å². The van der Waals surface area contributed by atoms with Crippen molar-refractivity contribution in [3.63, 3.8) is 0 Å². The molecule has 1 rings (SSSR count). The fraction of sp³-hybridized carbons (Fsp3) is 0.562. The van der Waals surface area contributed by atoms with Crippen molar-refractivity contribution < 1.29 is 9.53 Å². The van der Waals surface area contributed by atoms with Crippen molar-refractivity contribution in [2.45, 2.75) is 52.1 Å². The minimum absolute atomic E-state index is 0.482. The van der Waals surface area contributed by atoms with Gasteiger partial charge in [0.2, 0.25) is 0 Å². The average molecular weight is 248 g/mol. The van der Waals surface area contributed by atoms with Gasteiger partial charge in [-0.3, -0.25) is 0 Å². The molecule has 0 amide bonds. The minimum atomic E-state index is 0.482. The number of carbonyl (C=O) groups is 1. The quantitative estimate of drug-likeness (QED) is 0.463. The molecule has 0 heterocycles. The van der Waals surface area contributed by atoms with Gasteiger partial charge in [0.25, 0.3) is 0 Å². The van der Waals surface area contributed by atoms with E-state index in [-0.39, 0.29) is 0 Å². The highest BCUT2D eigenvalue weighted by Crippen LogP contribution is 2.10. The van der Waals surface area contributed by atoms with Crippen LogP contribution in [0.15, 0.2) is 24.3 Å². The first kappa shape index (κ1) is 14.9. The second-order valence-electron chi connectivity index (χ2n) is 4.64. The molecule has 1 aromatic carbocycles. The standard InChI is InChI=1S/C16H24O2/c1-2-3-4-5-7-15-8-10-16(11-9-15)14-18-13-6-12-17/h8-12H,2-7,13-14H2,1H3. The third-order valence-electron chi connectivity index (χ3n) is 2.99. The van der Waals surface area contributed by atoms with Crippen LogP contribution in [0.5, 0.6) is 0 Å². The molecule has 0 N–H and O–H groups in total. The zero-order valence-corrected chi connectivity index (χ0v) is 11.4. The molecule has 0 unspecified atom stereocenters. The first-order valence-electron chi connectivity index (χ1n) is 6.96. The summed E-state index contributed by atoms with van der Waals surface area (Å²) in [6.45, 7) is 3.35. The van der Waals surface area contributed by atoms with E-state index in [4.69, 9.17) is 4.74 Å². The number of carbonyl (C=O) groups excluding carboxylic acids is 1. The maximum absolute atomic E-state index is 10.1. The number of unbranched alkanes of at least 4 members (excludes halogenated alkanes) is 3. The Hall–Kier alpha value is -1.15. The van der Waals surface area contributed by atoms with E-state index in [1.54, 1.807) is 0 Å². The highest BCUT2D eigenvalue weighted by Gasteiger charge is 1.96. The maximum atomic E-state index is 10.1. The number of rotatable bonds is 10. The smallest absolute Gasteiger partial charge is 0.122 e. The monoisotopic (exact) mass is 248 g/mol. The molecule has 2 heteroatoms. The van der Waals surface area contributed by atoms with Crippen molar-refractivity contribution in [1.82, 2.24) is 0 Å². The van der Waals surface area contributed by atoms with Crippen LogP contribution in [-0.4, -0.2) is 12.9 Å². The summed E-state index contributed by atoms with van der Waals surface area (Å²) in [5.74, 6) is 0. The van der Waals surface area contributed by atoms with Crippen molar-refractivity contribution in [1.29, 1.82) is 0 Å². The third kappa shape index (κ3) is 6.55. The van der Waals surface area contributed by atoms with E-state index in [9.17, 15) is 4.79 Å². The van der Waals surface area contributed by atoms with Gasteiger partial charge < -0.3 is 9.53 Å². The molecule has 0 spiro atoms. The van der Waals surface area contributed by atoms with E-state index in [1.807, 2.05) is 0 Å². The molecule has 0 aliphatic heterocycles. The number of benzene rings is 1. The minimum Gasteiger partial charge on any atom is -0.376 e. The van der Waals surface area contributed by atoms with Gasteiger partial charge >= 0.3 is 0 Å². The molecule has 0 aliphatic rings. The molecular formula is C16H24O2. The molecule has 0 aromatic heterocycles. The molecule has 0 fully saturated rings. The lowest BCUT2D eigenvalue weighted by Gasteiger charge is -2.05. The van der Waals surface area contributed by atoms with E-state index >= 15 is 0 Å². The highest BCUT2D eigenvalue weighted by molar-refractivity contribution is 5.49. The van der Waals surface area contributed by atoms with E-state index in [0.717, 1.165) is 6.29 Å². The summed E-state index contributed by atoms with van der Waals surface area (Å²) < 4.78 is 5.38. The van der Waals surface area contributed by atoms with Crippen LogP contribution >= 0.6 is 0 Å². The van der Waals surface area contributed by atoms with E-state index in [1.165, 1.54) is 43.2 Å². The molecular weight excluding hydrogens is 224 g/mol. The average Bonchev–Trinajstić information content (AvgIpc) is 2.41. The summed E-state index contributed by atoms with van der Waals surface area (Å²) in [7, 11) is 0. The van der Waals surface area contributed by atoms with Crippen LogP contribution in [0.1, 0.15) is 50.2 Å². The van der Waals surface area contributed by atoms with Gasteiger partial charge in [0, 0.05) is 6.42 Å². The second kappa shape index (κ2) is 9.84. The maximum Gasteiger partial charge on any atom is 0.122 e. The zero-order valence-electron chi connectivity index (χ0n) is 11.4. The van der Waals surface area contributed by atoms with Crippen LogP contribution in [0.25, 0.3) is 0 Å². The van der Waals surface area contributed by atoms with Gasteiger partial charge in [-0.25, -0.2) is 0 Å². The Bertz CT molecular complexity index is 316. The highest BCUT2D eigenvalue weighted by atomic mass is 16.5. The number of hydrogen-bond donors (Lipinski definition) is 0. The normalized spacial score (nSPS) is 10.5. The SMILES string of the molecule is CCCCCCc1ccc(COCCC=O)cc1. The summed E-state index contributed by atoms with van der Waals surface area (Å²) in [6.07, 6.45) is 7.77. The largest absolute Gasteiger partial charge is 0.376 e. The summed E-state index contributed by atoms with van der Waals surface area (Å²) >= 11 is 0. The first-order valence-corrected chi connectivity index (χ1v) is 6.96. The zero-order chi connectivity index (χ0) is 13.1. The van der Waals surface area contributed by atoms with Crippen molar-refractivity contribution in [2.24, 2.45) is 0 Å². The predicted octanol–water partition coefficient (Wildman–Crippen LogP) is 3.92. The van der Waals surface area contributed by atoms with Crippen molar-refractivity contribution in [2.75, 3.05) is 6.61 Å². The van der Waals surface area contributed by atoms with Gasteiger partial charge in [-0.2, -0.15) is 0 Å². The fourth-order valence-corrected chi connectivity index (χ4v) is 1.88. The first-order chi connectivity index (χ1) is 8.86. The molecule has 100 valence electrons. The van der Waals surface area contributed by atoms with E-state index in [0.29, 0.717) is 19.6 Å². The fourth-order valence-electron chi connectivity index (χ4n) is 1.88. The Morgan fingerprint density at radius 1 is 1.06 bits per heavy atom. The lowest BCUT2D eigenvalue weighted by Crippen LogP contribution is -1.96. The van der Waals surface area contributed by atoms with Crippen LogP contribution < -0.4 is 0 Å². The van der Waals surface area contributed by atoms with E-state index in [2.05, 4.69) is 31.2 Å². The van der Waals surface area contributed by atoms with Crippen molar-refractivity contribution >= 4 is 6.29 Å². The number of aldehydes is 1. The Balaban J connectivity index is 2.22. The molecule has 18 heavy (non-hydrogen) atoms. The summed E-state index contributed by atoms with van der Waals surface area (Å²) in [4.78, 5) is 10.1. The molecule has 0 aliphatic carbocycles. The van der Waals surface area contributed by atoms with Crippen LogP contribution in [0.2, 0.25) is 0 Å². The van der Waals surface area contributed by atoms with Gasteiger partial charge in [0.1, 0.15) is 6.29 Å². The topological polar surface area (TPSA) is 26.3 Å². The lowest BCUT2D eigenvalue weighted by atomic mass is 10.0. The predicted molar refractivity (Wildman–Crippen MR) is 74.6 cm³/mol. The molecule has 0 radical (unpaired) electrons. The van der Waals surface area contributed by atoms with Gasteiger partial charge in [0.05, 0.1) is 13.2 Å². The van der Waals surface area contributed by atoms with Crippen LogP contribution in [0.4, 0.5) is 0 Å². The van der Waals surface area contributed by atoms with E-state index < -0.39 is 0 Å². The molecule has 0 atom stereocenters. The number of hydrogen-bond acceptors (Lipinski definition) is 2. The Morgan fingerprint density at radius 2 is 1.78 bits per heavy atom. The van der Waals surface area contributed by atoms with Crippen LogP contribution in [0, 0.1) is 0 Å². The molecule has 1 aromatic rings. The summed E-state index contributed by atoms with van der Waals surface area (Å²) in [5, 5.41) is 0. The molecule has 2 nitrogen and oxygen atoms in total. The molecule has 0 saturated carbocycles. The lowest BCUT2D eigenvalue weighted by molar-refractivity contribution is -0.108. The van der Waals surface area contributed by atoms with Gasteiger partial charge in [-0.15, -0.1) is 0 Å². The number of ether oxygens (including phenoxy) is 1. The van der Waals surface area contributed by atoms with Gasteiger partial charge in [0.15, 0.2) is 0 Å². The Morgan fingerprint density at radius 3 is 2.44 bits per heavy atom. The van der Waals surface area contributed by atoms with Crippen molar-refractivity contribution in [3.8, 4) is 0 Å². The Labute approximate surface area is 110 Å². The van der Waals surface area contributed by atoms with Gasteiger partial charge in [-0.1, -0.05) is 50.5 Å². The summed E-state index contributed by atoms with van der Waals surface area (Å²) in [5.41, 5.74) is 2.58.